The monoisotopic (exact) mass is 294 g/mol. The summed E-state index contributed by atoms with van der Waals surface area (Å²) in [5.41, 5.74) is 1.65. The molecule has 0 saturated carbocycles. The smallest absolute Gasteiger partial charge is 0.332 e. The van der Waals surface area contributed by atoms with Gasteiger partial charge in [0.25, 0.3) is 5.56 Å². The van der Waals surface area contributed by atoms with Crippen LogP contribution >= 0.6 is 11.3 Å². The van der Waals surface area contributed by atoms with Crippen LogP contribution in [0.2, 0.25) is 0 Å². The third-order valence-corrected chi connectivity index (χ3v) is 4.58. The first kappa shape index (κ1) is 13.3. The van der Waals surface area contributed by atoms with Crippen LogP contribution in [0.25, 0.3) is 10.2 Å². The van der Waals surface area contributed by atoms with Gasteiger partial charge in [-0.05, 0) is 30.7 Å². The number of carboxylic acids is 1. The van der Waals surface area contributed by atoms with Gasteiger partial charge in [0.2, 0.25) is 0 Å². The summed E-state index contributed by atoms with van der Waals surface area (Å²) in [6.45, 7) is 2.27. The van der Waals surface area contributed by atoms with Crippen molar-refractivity contribution in [3.63, 3.8) is 0 Å². The van der Waals surface area contributed by atoms with Gasteiger partial charge >= 0.3 is 5.97 Å². The van der Waals surface area contributed by atoms with Gasteiger partial charge in [-0.2, -0.15) is 0 Å². The standard InChI is InChI=1S/C13H14N2O4S/c1-7-5-20-11-10(7)14-6-15(12(11)16)4-8-2-3-9(19-8)13(17)18/h5-6,8-9H,2-4H2,1H3,(H,17,18). The number of hydrogen-bond donors (Lipinski definition) is 1. The lowest BCUT2D eigenvalue weighted by Crippen LogP contribution is -2.28. The molecule has 1 aliphatic rings. The Labute approximate surface area is 118 Å². The molecule has 0 aromatic carbocycles. The van der Waals surface area contributed by atoms with E-state index in [2.05, 4.69) is 4.98 Å². The molecule has 20 heavy (non-hydrogen) atoms. The van der Waals surface area contributed by atoms with Gasteiger partial charge in [0.15, 0.2) is 6.10 Å². The van der Waals surface area contributed by atoms with Gasteiger partial charge in [-0.15, -0.1) is 11.3 Å². The highest BCUT2D eigenvalue weighted by molar-refractivity contribution is 7.17. The number of nitrogens with zero attached hydrogens (tertiary/aromatic N) is 2. The van der Waals surface area contributed by atoms with Crippen LogP contribution in [0.1, 0.15) is 18.4 Å². The predicted molar refractivity (Wildman–Crippen MR) is 74.1 cm³/mol. The van der Waals surface area contributed by atoms with E-state index >= 15 is 0 Å². The number of aromatic nitrogens is 2. The fourth-order valence-corrected chi connectivity index (χ4v) is 3.38. The van der Waals surface area contributed by atoms with Crippen molar-refractivity contribution >= 4 is 27.5 Å². The summed E-state index contributed by atoms with van der Waals surface area (Å²) >= 11 is 1.39. The van der Waals surface area contributed by atoms with Crippen LogP contribution in [0.4, 0.5) is 0 Å². The van der Waals surface area contributed by atoms with E-state index in [9.17, 15) is 9.59 Å². The summed E-state index contributed by atoms with van der Waals surface area (Å²) in [6.07, 6.45) is 1.65. The van der Waals surface area contributed by atoms with Gasteiger partial charge in [-0.3, -0.25) is 9.36 Å². The molecule has 0 aliphatic carbocycles. The molecular weight excluding hydrogens is 280 g/mol. The zero-order valence-corrected chi connectivity index (χ0v) is 11.7. The Hall–Kier alpha value is -1.73. The maximum atomic E-state index is 12.3. The van der Waals surface area contributed by atoms with Crippen LogP contribution < -0.4 is 5.56 Å². The minimum atomic E-state index is -0.942. The van der Waals surface area contributed by atoms with Gasteiger partial charge in [-0.1, -0.05) is 0 Å². The van der Waals surface area contributed by atoms with Gasteiger partial charge in [0.05, 0.1) is 24.5 Å². The van der Waals surface area contributed by atoms with Crippen LogP contribution in [-0.2, 0) is 16.1 Å². The fourth-order valence-electron chi connectivity index (χ4n) is 2.43. The summed E-state index contributed by atoms with van der Waals surface area (Å²) in [4.78, 5) is 27.4. The summed E-state index contributed by atoms with van der Waals surface area (Å²) in [5.74, 6) is -0.942. The topological polar surface area (TPSA) is 81.4 Å². The van der Waals surface area contributed by atoms with Gasteiger partial charge < -0.3 is 9.84 Å². The predicted octanol–water partition coefficient (Wildman–Crippen LogP) is 1.40. The molecule has 1 aliphatic heterocycles. The molecule has 6 nitrogen and oxygen atoms in total. The second-order valence-corrected chi connectivity index (χ2v) is 5.84. The van der Waals surface area contributed by atoms with E-state index in [1.165, 1.54) is 22.2 Å². The third kappa shape index (κ3) is 2.23. The lowest BCUT2D eigenvalue weighted by Gasteiger charge is -2.12. The fraction of sp³-hybridized carbons (Fsp3) is 0.462. The molecule has 3 heterocycles. The maximum absolute atomic E-state index is 12.3. The van der Waals surface area contributed by atoms with Crippen LogP contribution in [0, 0.1) is 6.92 Å². The number of carboxylic acid groups (broad SMARTS) is 1. The number of fused-ring (bicyclic) bond motifs is 1. The van der Waals surface area contributed by atoms with Crippen LogP contribution in [0.5, 0.6) is 0 Å². The minimum Gasteiger partial charge on any atom is -0.479 e. The number of rotatable bonds is 3. The summed E-state index contributed by atoms with van der Waals surface area (Å²) < 4.78 is 7.56. The molecule has 1 saturated heterocycles. The second kappa shape index (κ2) is 4.99. The molecular formula is C13H14N2O4S. The second-order valence-electron chi connectivity index (χ2n) is 4.96. The Morgan fingerprint density at radius 2 is 2.40 bits per heavy atom. The molecule has 0 radical (unpaired) electrons. The van der Waals surface area contributed by atoms with Crippen molar-refractivity contribution in [2.75, 3.05) is 0 Å². The number of aryl methyl sites for hydroxylation is 1. The Morgan fingerprint density at radius 1 is 1.60 bits per heavy atom. The average molecular weight is 294 g/mol. The van der Waals surface area contributed by atoms with E-state index in [1.807, 2.05) is 12.3 Å². The van der Waals surface area contributed by atoms with Gasteiger partial charge in [0.1, 0.15) is 4.70 Å². The molecule has 2 atom stereocenters. The van der Waals surface area contributed by atoms with Crippen LogP contribution in [0.3, 0.4) is 0 Å². The molecule has 3 rings (SSSR count). The minimum absolute atomic E-state index is 0.0875. The van der Waals surface area contributed by atoms with E-state index in [0.29, 0.717) is 24.1 Å². The number of aliphatic carboxylic acids is 1. The molecule has 0 amide bonds. The first-order valence-electron chi connectivity index (χ1n) is 6.38. The Morgan fingerprint density at radius 3 is 3.10 bits per heavy atom. The highest BCUT2D eigenvalue weighted by Crippen LogP contribution is 2.22. The average Bonchev–Trinajstić information content (AvgIpc) is 3.01. The van der Waals surface area contributed by atoms with Crippen molar-refractivity contribution in [2.24, 2.45) is 0 Å². The van der Waals surface area contributed by atoms with Crippen molar-refractivity contribution < 1.29 is 14.6 Å². The normalized spacial score (nSPS) is 22.4. The lowest BCUT2D eigenvalue weighted by atomic mass is 10.2. The first-order valence-corrected chi connectivity index (χ1v) is 7.25. The molecule has 7 heteroatoms. The Balaban J connectivity index is 1.84. The molecule has 2 aromatic rings. The van der Waals surface area contributed by atoms with E-state index in [1.54, 1.807) is 0 Å². The number of hydrogen-bond acceptors (Lipinski definition) is 5. The molecule has 0 spiro atoms. The van der Waals surface area contributed by atoms with Gasteiger partial charge in [-0.25, -0.2) is 9.78 Å². The molecule has 2 unspecified atom stereocenters. The highest BCUT2D eigenvalue weighted by atomic mass is 32.1. The number of carbonyl (C=O) groups is 1. The zero-order valence-electron chi connectivity index (χ0n) is 10.9. The quantitative estimate of drug-likeness (QED) is 0.925. The van der Waals surface area contributed by atoms with Crippen molar-refractivity contribution in [1.29, 1.82) is 0 Å². The highest BCUT2D eigenvalue weighted by Gasteiger charge is 2.30. The Bertz CT molecular complexity index is 721. The maximum Gasteiger partial charge on any atom is 0.332 e. The van der Waals surface area contributed by atoms with Crippen molar-refractivity contribution in [3.05, 3.63) is 27.6 Å². The van der Waals surface area contributed by atoms with Crippen molar-refractivity contribution in [3.8, 4) is 0 Å². The number of thiophene rings is 1. The molecule has 2 aromatic heterocycles. The van der Waals surface area contributed by atoms with Crippen molar-refractivity contribution in [1.82, 2.24) is 9.55 Å². The van der Waals surface area contributed by atoms with E-state index in [0.717, 1.165) is 11.1 Å². The van der Waals surface area contributed by atoms with E-state index in [4.69, 9.17) is 9.84 Å². The van der Waals surface area contributed by atoms with Crippen molar-refractivity contribution in [2.45, 2.75) is 38.5 Å². The summed E-state index contributed by atoms with van der Waals surface area (Å²) in [6, 6.07) is 0. The Kier molecular flexibility index (Phi) is 3.31. The first-order chi connectivity index (χ1) is 9.56. The molecule has 106 valence electrons. The number of ether oxygens (including phenoxy) is 1. The van der Waals surface area contributed by atoms with E-state index in [-0.39, 0.29) is 11.7 Å². The zero-order chi connectivity index (χ0) is 14.3. The third-order valence-electron chi connectivity index (χ3n) is 3.51. The lowest BCUT2D eigenvalue weighted by molar-refractivity contribution is -0.149. The summed E-state index contributed by atoms with van der Waals surface area (Å²) in [7, 11) is 0. The van der Waals surface area contributed by atoms with Gasteiger partial charge in [0, 0.05) is 0 Å². The van der Waals surface area contributed by atoms with E-state index < -0.39 is 12.1 Å². The van der Waals surface area contributed by atoms with Crippen LogP contribution in [0.15, 0.2) is 16.5 Å². The molecule has 1 N–H and O–H groups in total. The largest absolute Gasteiger partial charge is 0.479 e. The molecule has 1 fully saturated rings. The van der Waals surface area contributed by atoms with Crippen LogP contribution in [-0.4, -0.2) is 32.8 Å². The molecule has 0 bridgehead atoms. The summed E-state index contributed by atoms with van der Waals surface area (Å²) in [5, 5.41) is 10.8. The SMILES string of the molecule is Cc1csc2c(=O)n(CC3CCC(C(=O)O)O3)cnc12.